The van der Waals surface area contributed by atoms with Crippen LogP contribution in [0.2, 0.25) is 0 Å². The van der Waals surface area contributed by atoms with Gasteiger partial charge in [-0.3, -0.25) is 9.69 Å². The van der Waals surface area contributed by atoms with Gasteiger partial charge in [-0.2, -0.15) is 0 Å². The second-order valence-corrected chi connectivity index (χ2v) is 10.3. The van der Waals surface area contributed by atoms with Gasteiger partial charge in [0.25, 0.3) is 0 Å². The predicted molar refractivity (Wildman–Crippen MR) is 158 cm³/mol. The SMILES string of the molecule is CCCCC(c1cnc(-c2ccccc2)n1CCCC)N(Cc1ccccc1)Cc1cccc(CC(=O)O)c1. The fourth-order valence-electron chi connectivity index (χ4n) is 5.28. The maximum Gasteiger partial charge on any atom is 0.307 e. The van der Waals surface area contributed by atoms with Crippen molar-refractivity contribution in [1.29, 1.82) is 0 Å². The zero-order valence-electron chi connectivity index (χ0n) is 23.3. The summed E-state index contributed by atoms with van der Waals surface area (Å²) in [5.41, 5.74) is 5.64. The molecule has 1 unspecified atom stereocenters. The molecular weight excluding hydrogens is 482 g/mol. The summed E-state index contributed by atoms with van der Waals surface area (Å²) in [6, 6.07) is 29.3. The molecule has 1 aromatic heterocycles. The number of carboxylic acid groups (broad SMARTS) is 1. The number of carbonyl (C=O) groups is 1. The Morgan fingerprint density at radius 3 is 2.18 bits per heavy atom. The highest BCUT2D eigenvalue weighted by Gasteiger charge is 2.26. The molecule has 4 aromatic rings. The lowest BCUT2D eigenvalue weighted by Crippen LogP contribution is -2.30. The van der Waals surface area contributed by atoms with Crippen LogP contribution in [0.1, 0.15) is 74.4 Å². The summed E-state index contributed by atoms with van der Waals surface area (Å²) < 4.78 is 2.44. The molecular formula is C34H41N3O2. The first-order valence-corrected chi connectivity index (χ1v) is 14.3. The van der Waals surface area contributed by atoms with E-state index in [1.165, 1.54) is 11.3 Å². The summed E-state index contributed by atoms with van der Waals surface area (Å²) in [4.78, 5) is 18.9. The first-order chi connectivity index (χ1) is 19.1. The molecule has 0 spiro atoms. The van der Waals surface area contributed by atoms with Gasteiger partial charge >= 0.3 is 5.97 Å². The molecule has 0 aliphatic heterocycles. The first kappa shape index (κ1) is 28.3. The number of hydrogen-bond donors (Lipinski definition) is 1. The van der Waals surface area contributed by atoms with Crippen LogP contribution >= 0.6 is 0 Å². The average Bonchev–Trinajstić information content (AvgIpc) is 3.36. The number of carboxylic acids is 1. The standard InChI is InChI=1S/C34H41N3O2/c1-3-5-20-31(32-24-35-34(37(32)21-6-4-2)30-18-11-8-12-19-30)36(25-27-14-9-7-10-15-27)26-29-17-13-16-28(22-29)23-33(38)39/h7-19,22,24,31H,3-6,20-21,23,25-26H2,1-2H3,(H,38,39). The van der Waals surface area contributed by atoms with Crippen LogP contribution in [0.25, 0.3) is 11.4 Å². The summed E-state index contributed by atoms with van der Waals surface area (Å²) >= 11 is 0. The van der Waals surface area contributed by atoms with E-state index < -0.39 is 5.97 Å². The van der Waals surface area contributed by atoms with E-state index in [9.17, 15) is 9.90 Å². The molecule has 1 N–H and O–H groups in total. The Morgan fingerprint density at radius 2 is 1.49 bits per heavy atom. The van der Waals surface area contributed by atoms with Gasteiger partial charge in [0.15, 0.2) is 0 Å². The van der Waals surface area contributed by atoms with Gasteiger partial charge in [0.2, 0.25) is 0 Å². The van der Waals surface area contributed by atoms with Crippen molar-refractivity contribution in [2.75, 3.05) is 0 Å². The molecule has 0 amide bonds. The van der Waals surface area contributed by atoms with Gasteiger partial charge in [-0.1, -0.05) is 118 Å². The van der Waals surface area contributed by atoms with Crippen LogP contribution in [0.4, 0.5) is 0 Å². The highest BCUT2D eigenvalue weighted by atomic mass is 16.4. The number of nitrogens with zero attached hydrogens (tertiary/aromatic N) is 3. The molecule has 0 saturated carbocycles. The minimum absolute atomic E-state index is 0.0377. The van der Waals surface area contributed by atoms with E-state index in [1.54, 1.807) is 0 Å². The Morgan fingerprint density at radius 1 is 0.846 bits per heavy atom. The maximum atomic E-state index is 11.4. The molecule has 1 heterocycles. The molecule has 4 rings (SSSR count). The van der Waals surface area contributed by atoms with Gasteiger partial charge in [-0.25, -0.2) is 4.98 Å². The molecule has 0 bridgehead atoms. The van der Waals surface area contributed by atoms with Crippen LogP contribution in [-0.4, -0.2) is 25.5 Å². The van der Waals surface area contributed by atoms with Crippen molar-refractivity contribution in [1.82, 2.24) is 14.5 Å². The molecule has 0 aliphatic rings. The smallest absolute Gasteiger partial charge is 0.307 e. The Kier molecular flexibility index (Phi) is 10.5. The van der Waals surface area contributed by atoms with Crippen LogP contribution in [0.3, 0.4) is 0 Å². The van der Waals surface area contributed by atoms with Crippen molar-refractivity contribution in [3.63, 3.8) is 0 Å². The predicted octanol–water partition coefficient (Wildman–Crippen LogP) is 7.91. The number of benzene rings is 3. The molecule has 5 heteroatoms. The minimum Gasteiger partial charge on any atom is -0.481 e. The zero-order valence-corrected chi connectivity index (χ0v) is 23.3. The van der Waals surface area contributed by atoms with Crippen molar-refractivity contribution >= 4 is 5.97 Å². The quantitative estimate of drug-likeness (QED) is 0.172. The highest BCUT2D eigenvalue weighted by Crippen LogP contribution is 2.33. The van der Waals surface area contributed by atoms with Gasteiger partial charge in [0.1, 0.15) is 5.82 Å². The Bertz CT molecular complexity index is 1300. The first-order valence-electron chi connectivity index (χ1n) is 14.3. The van der Waals surface area contributed by atoms with E-state index >= 15 is 0 Å². The van der Waals surface area contributed by atoms with Gasteiger partial charge < -0.3 is 9.67 Å². The molecule has 0 saturated heterocycles. The fraction of sp³-hybridized carbons (Fsp3) is 0.353. The molecule has 5 nitrogen and oxygen atoms in total. The van der Waals surface area contributed by atoms with Crippen molar-refractivity contribution in [2.24, 2.45) is 0 Å². The number of aliphatic carboxylic acids is 1. The number of unbranched alkanes of at least 4 members (excludes halogenated alkanes) is 2. The second kappa shape index (κ2) is 14.5. The van der Waals surface area contributed by atoms with E-state index in [2.05, 4.69) is 90.2 Å². The van der Waals surface area contributed by atoms with Crippen LogP contribution in [0.15, 0.2) is 91.1 Å². The summed E-state index contributed by atoms with van der Waals surface area (Å²) in [7, 11) is 0. The lowest BCUT2D eigenvalue weighted by atomic mass is 10.0. The van der Waals surface area contributed by atoms with E-state index in [1.807, 2.05) is 24.3 Å². The van der Waals surface area contributed by atoms with E-state index in [0.29, 0.717) is 0 Å². The summed E-state index contributed by atoms with van der Waals surface area (Å²) in [5.74, 6) is 0.228. The van der Waals surface area contributed by atoms with E-state index in [4.69, 9.17) is 4.98 Å². The maximum absolute atomic E-state index is 11.4. The Labute approximate surface area is 233 Å². The number of imidazole rings is 1. The number of hydrogen-bond acceptors (Lipinski definition) is 3. The Hall–Kier alpha value is -3.70. The van der Waals surface area contributed by atoms with Crippen LogP contribution in [-0.2, 0) is 30.8 Å². The fourth-order valence-corrected chi connectivity index (χ4v) is 5.28. The average molecular weight is 524 g/mol. The molecule has 0 fully saturated rings. The van der Waals surface area contributed by atoms with Crippen molar-refractivity contribution in [3.8, 4) is 11.4 Å². The van der Waals surface area contributed by atoms with Crippen molar-refractivity contribution in [2.45, 2.75) is 78.0 Å². The molecule has 0 radical (unpaired) electrons. The third-order valence-corrected chi connectivity index (χ3v) is 7.23. The topological polar surface area (TPSA) is 58.4 Å². The minimum atomic E-state index is -0.803. The van der Waals surface area contributed by atoms with E-state index in [0.717, 1.165) is 74.3 Å². The van der Waals surface area contributed by atoms with Gasteiger partial charge in [0.05, 0.1) is 24.4 Å². The Balaban J connectivity index is 1.77. The van der Waals surface area contributed by atoms with Crippen molar-refractivity contribution < 1.29 is 9.90 Å². The largest absolute Gasteiger partial charge is 0.481 e. The third-order valence-electron chi connectivity index (χ3n) is 7.23. The lowest BCUT2D eigenvalue weighted by Gasteiger charge is -2.33. The molecule has 3 aromatic carbocycles. The van der Waals surface area contributed by atoms with E-state index in [-0.39, 0.29) is 12.5 Å². The third kappa shape index (κ3) is 7.90. The van der Waals surface area contributed by atoms with Crippen LogP contribution in [0, 0.1) is 0 Å². The summed E-state index contributed by atoms with van der Waals surface area (Å²) in [6.45, 7) is 6.96. The van der Waals surface area contributed by atoms with Crippen LogP contribution in [0.5, 0.6) is 0 Å². The second-order valence-electron chi connectivity index (χ2n) is 10.3. The van der Waals surface area contributed by atoms with Gasteiger partial charge in [-0.15, -0.1) is 0 Å². The van der Waals surface area contributed by atoms with Gasteiger partial charge in [-0.05, 0) is 29.5 Å². The van der Waals surface area contributed by atoms with Crippen molar-refractivity contribution in [3.05, 3.63) is 114 Å². The summed E-state index contributed by atoms with van der Waals surface area (Å²) in [5, 5.41) is 9.35. The molecule has 0 aliphatic carbocycles. The number of aromatic nitrogens is 2. The molecule has 1 atom stereocenters. The zero-order chi connectivity index (χ0) is 27.5. The van der Waals surface area contributed by atoms with Gasteiger partial charge in [0, 0.05) is 25.2 Å². The lowest BCUT2D eigenvalue weighted by molar-refractivity contribution is -0.136. The number of rotatable bonds is 15. The molecule has 39 heavy (non-hydrogen) atoms. The monoisotopic (exact) mass is 523 g/mol. The summed E-state index contributed by atoms with van der Waals surface area (Å²) in [6.07, 6.45) is 7.62. The molecule has 204 valence electrons. The normalized spacial score (nSPS) is 12.1. The van der Waals surface area contributed by atoms with Crippen LogP contribution < -0.4 is 0 Å². The highest BCUT2D eigenvalue weighted by molar-refractivity contribution is 5.70.